The van der Waals surface area contributed by atoms with Gasteiger partial charge in [-0.1, -0.05) is 112 Å². The van der Waals surface area contributed by atoms with Gasteiger partial charge in [0.2, 0.25) is 5.91 Å². The highest BCUT2D eigenvalue weighted by molar-refractivity contribution is 5.76. The summed E-state index contributed by atoms with van der Waals surface area (Å²) in [5.74, 6) is -0.223. The van der Waals surface area contributed by atoms with Gasteiger partial charge in [-0.2, -0.15) is 0 Å². The van der Waals surface area contributed by atoms with E-state index in [1.54, 1.807) is 6.08 Å². The molecule has 1 heterocycles. The molecule has 1 saturated heterocycles. The van der Waals surface area contributed by atoms with Crippen molar-refractivity contribution in [2.75, 3.05) is 13.2 Å². The van der Waals surface area contributed by atoms with Crippen molar-refractivity contribution in [1.29, 1.82) is 0 Å². The Morgan fingerprint density at radius 2 is 1.20 bits per heavy atom. The van der Waals surface area contributed by atoms with Crippen molar-refractivity contribution in [3.63, 3.8) is 0 Å². The van der Waals surface area contributed by atoms with Crippen LogP contribution >= 0.6 is 0 Å². The molecule has 1 amide bonds. The molecule has 9 heteroatoms. The Labute approximate surface area is 301 Å². The van der Waals surface area contributed by atoms with Crippen molar-refractivity contribution in [1.82, 2.24) is 5.32 Å². The van der Waals surface area contributed by atoms with E-state index >= 15 is 0 Å². The highest BCUT2D eigenvalue weighted by atomic mass is 16.7. The van der Waals surface area contributed by atoms with E-state index < -0.39 is 49.5 Å². The first kappa shape index (κ1) is 45.4. The lowest BCUT2D eigenvalue weighted by atomic mass is 9.99. The van der Waals surface area contributed by atoms with E-state index in [1.165, 1.54) is 0 Å². The smallest absolute Gasteiger partial charge is 0.220 e. The molecule has 0 aromatic heterocycles. The fraction of sp³-hybridized carbons (Fsp3) is 0.634. The normalized spacial score (nSPS) is 23.2. The molecule has 6 N–H and O–H groups in total. The zero-order valence-corrected chi connectivity index (χ0v) is 30.6. The molecule has 0 aromatic carbocycles. The van der Waals surface area contributed by atoms with Crippen LogP contribution in [0.1, 0.15) is 110 Å². The Balaban J connectivity index is 2.49. The Bertz CT molecular complexity index is 1050. The van der Waals surface area contributed by atoms with Crippen molar-refractivity contribution in [3.05, 3.63) is 85.1 Å². The van der Waals surface area contributed by atoms with Gasteiger partial charge in [0.25, 0.3) is 0 Å². The van der Waals surface area contributed by atoms with E-state index in [4.69, 9.17) is 9.47 Å². The van der Waals surface area contributed by atoms with Crippen molar-refractivity contribution in [2.24, 2.45) is 0 Å². The first-order valence-corrected chi connectivity index (χ1v) is 18.8. The van der Waals surface area contributed by atoms with Crippen LogP contribution in [-0.4, -0.2) is 87.5 Å². The molecule has 0 spiro atoms. The predicted octanol–water partition coefficient (Wildman–Crippen LogP) is 6.43. The molecular weight excluding hydrogens is 634 g/mol. The molecular formula is C41H67NO8. The molecule has 0 bridgehead atoms. The Morgan fingerprint density at radius 1 is 0.680 bits per heavy atom. The SMILES string of the molecule is CC/C=C\C/C=C\C/C=C\C/C=C\CCCCCCC(=O)NC(COC1OC(CO)C(O)C(O)C1O)C(O)/C=C/CC/C=C/CC/C=C/CC. The zero-order valence-electron chi connectivity index (χ0n) is 30.6. The molecule has 1 fully saturated rings. The summed E-state index contributed by atoms with van der Waals surface area (Å²) in [6.45, 7) is 3.45. The average Bonchev–Trinajstić information content (AvgIpc) is 3.11. The quantitative estimate of drug-likeness (QED) is 0.0404. The molecule has 7 atom stereocenters. The van der Waals surface area contributed by atoms with E-state index in [1.807, 2.05) is 6.08 Å². The Kier molecular flexibility index (Phi) is 28.3. The maximum atomic E-state index is 12.8. The second-order valence-corrected chi connectivity index (χ2v) is 12.6. The summed E-state index contributed by atoms with van der Waals surface area (Å²) in [6.07, 6.45) is 34.9. The molecule has 0 aliphatic carbocycles. The summed E-state index contributed by atoms with van der Waals surface area (Å²) < 4.78 is 11.1. The lowest BCUT2D eigenvalue weighted by molar-refractivity contribution is -0.302. The number of allylic oxidation sites excluding steroid dienone is 13. The van der Waals surface area contributed by atoms with Crippen LogP contribution < -0.4 is 5.32 Å². The zero-order chi connectivity index (χ0) is 36.7. The third kappa shape index (κ3) is 22.2. The number of aliphatic hydroxyl groups excluding tert-OH is 5. The highest BCUT2D eigenvalue weighted by Gasteiger charge is 2.44. The third-order valence-corrected chi connectivity index (χ3v) is 8.19. The first-order chi connectivity index (χ1) is 24.3. The summed E-state index contributed by atoms with van der Waals surface area (Å²) in [6, 6.07) is -0.842. The Morgan fingerprint density at radius 3 is 1.82 bits per heavy atom. The van der Waals surface area contributed by atoms with Crippen LogP contribution in [0.4, 0.5) is 0 Å². The summed E-state index contributed by atoms with van der Waals surface area (Å²) in [7, 11) is 0. The standard InChI is InChI=1S/C41H67NO8/c1-3-5-7-9-11-13-15-16-17-18-19-20-21-23-25-27-29-31-37(45)42-34(33-49-41-40(48)39(47)38(46)36(32-43)50-41)35(44)30-28-26-24-22-14-12-10-8-6-4-2/h5-8,11,13-14,16-17,19-20,22,28,30,34-36,38-41,43-44,46-48H,3-4,9-10,12,15,18,21,23-27,29,31-33H2,1-2H3,(H,42,45)/b7-5-,8-6+,13-11-,17-16-,20-19-,22-14+,30-28+. The Hall–Kier alpha value is -2.63. The predicted molar refractivity (Wildman–Crippen MR) is 202 cm³/mol. The number of carbonyl (C=O) groups excluding carboxylic acids is 1. The van der Waals surface area contributed by atoms with E-state index in [0.717, 1.165) is 77.0 Å². The lowest BCUT2D eigenvalue weighted by Gasteiger charge is -2.40. The van der Waals surface area contributed by atoms with Gasteiger partial charge in [0.1, 0.15) is 24.4 Å². The van der Waals surface area contributed by atoms with Crippen LogP contribution in [-0.2, 0) is 14.3 Å². The van der Waals surface area contributed by atoms with Crippen molar-refractivity contribution in [3.8, 4) is 0 Å². The number of aliphatic hydroxyl groups is 5. The second-order valence-electron chi connectivity index (χ2n) is 12.6. The van der Waals surface area contributed by atoms with Gasteiger partial charge in [-0.15, -0.1) is 0 Å². The molecule has 0 radical (unpaired) electrons. The summed E-state index contributed by atoms with van der Waals surface area (Å²) in [5, 5.41) is 53.8. The number of unbranched alkanes of at least 4 members (excludes halogenated alkanes) is 6. The van der Waals surface area contributed by atoms with Gasteiger partial charge in [-0.3, -0.25) is 4.79 Å². The van der Waals surface area contributed by atoms with E-state index in [9.17, 15) is 30.3 Å². The van der Waals surface area contributed by atoms with Crippen LogP contribution in [0, 0.1) is 0 Å². The molecule has 50 heavy (non-hydrogen) atoms. The number of carbonyl (C=O) groups is 1. The number of rotatable bonds is 28. The summed E-state index contributed by atoms with van der Waals surface area (Å²) in [4.78, 5) is 12.8. The van der Waals surface area contributed by atoms with E-state index in [0.29, 0.717) is 19.3 Å². The van der Waals surface area contributed by atoms with E-state index in [2.05, 4.69) is 92.1 Å². The third-order valence-electron chi connectivity index (χ3n) is 8.19. The van der Waals surface area contributed by atoms with Gasteiger partial charge in [0.05, 0.1) is 25.4 Å². The fourth-order valence-electron chi connectivity index (χ4n) is 5.18. The van der Waals surface area contributed by atoms with Crippen LogP contribution in [0.5, 0.6) is 0 Å². The van der Waals surface area contributed by atoms with E-state index in [-0.39, 0.29) is 12.5 Å². The molecule has 0 aromatic rings. The second kappa shape index (κ2) is 31.1. The van der Waals surface area contributed by atoms with Crippen molar-refractivity contribution >= 4 is 5.91 Å². The van der Waals surface area contributed by atoms with Gasteiger partial charge in [0.15, 0.2) is 6.29 Å². The minimum atomic E-state index is -1.58. The average molecular weight is 702 g/mol. The maximum absolute atomic E-state index is 12.8. The van der Waals surface area contributed by atoms with Crippen LogP contribution in [0.3, 0.4) is 0 Å². The van der Waals surface area contributed by atoms with Crippen LogP contribution in [0.2, 0.25) is 0 Å². The monoisotopic (exact) mass is 701 g/mol. The molecule has 1 aliphatic rings. The largest absolute Gasteiger partial charge is 0.394 e. The number of nitrogens with one attached hydrogen (secondary N) is 1. The van der Waals surface area contributed by atoms with Crippen LogP contribution in [0.25, 0.3) is 0 Å². The lowest BCUT2D eigenvalue weighted by Crippen LogP contribution is -2.60. The number of ether oxygens (including phenoxy) is 2. The van der Waals surface area contributed by atoms with Crippen LogP contribution in [0.15, 0.2) is 85.1 Å². The van der Waals surface area contributed by atoms with Gasteiger partial charge in [-0.05, 0) is 77.0 Å². The first-order valence-electron chi connectivity index (χ1n) is 18.8. The summed E-state index contributed by atoms with van der Waals surface area (Å²) >= 11 is 0. The minimum Gasteiger partial charge on any atom is -0.394 e. The number of hydrogen-bond acceptors (Lipinski definition) is 8. The fourth-order valence-corrected chi connectivity index (χ4v) is 5.18. The molecule has 0 saturated carbocycles. The molecule has 9 nitrogen and oxygen atoms in total. The van der Waals surface area contributed by atoms with Crippen molar-refractivity contribution in [2.45, 2.75) is 153 Å². The van der Waals surface area contributed by atoms with Gasteiger partial charge in [0, 0.05) is 6.42 Å². The maximum Gasteiger partial charge on any atom is 0.220 e. The van der Waals surface area contributed by atoms with Gasteiger partial charge >= 0.3 is 0 Å². The number of amides is 1. The van der Waals surface area contributed by atoms with Gasteiger partial charge in [-0.25, -0.2) is 0 Å². The highest BCUT2D eigenvalue weighted by Crippen LogP contribution is 2.22. The van der Waals surface area contributed by atoms with Crippen molar-refractivity contribution < 1.29 is 39.8 Å². The minimum absolute atomic E-state index is 0.222. The molecule has 7 unspecified atom stereocenters. The molecule has 1 rings (SSSR count). The number of hydrogen-bond donors (Lipinski definition) is 6. The topological polar surface area (TPSA) is 149 Å². The molecule has 1 aliphatic heterocycles. The van der Waals surface area contributed by atoms with Gasteiger partial charge < -0.3 is 40.3 Å². The molecule has 284 valence electrons. The summed E-state index contributed by atoms with van der Waals surface area (Å²) in [5.41, 5.74) is 0.